The van der Waals surface area contributed by atoms with E-state index < -0.39 is 12.9 Å². The van der Waals surface area contributed by atoms with Gasteiger partial charge < -0.3 is 10.0 Å². The van der Waals surface area contributed by atoms with Gasteiger partial charge in [0.1, 0.15) is 12.1 Å². The Balaban J connectivity index is 2.35. The average molecular weight is 251 g/mol. The predicted octanol–water partition coefficient (Wildman–Crippen LogP) is -1.55. The quantitative estimate of drug-likeness (QED) is 0.647. The number of nitrogens with zero attached hydrogens (tertiary/aromatic N) is 3. The molecule has 0 unspecified atom stereocenters. The highest BCUT2D eigenvalue weighted by atomic mass is 19.1. The maximum atomic E-state index is 13.3. The van der Waals surface area contributed by atoms with Crippen molar-refractivity contribution in [2.24, 2.45) is 7.05 Å². The zero-order chi connectivity index (χ0) is 13.3. The lowest BCUT2D eigenvalue weighted by atomic mass is 9.79. The number of aromatic nitrogens is 3. The van der Waals surface area contributed by atoms with Gasteiger partial charge in [-0.25, -0.2) is 13.9 Å². The molecule has 0 atom stereocenters. The molecular formula is C10H11BFN3O3. The summed E-state index contributed by atoms with van der Waals surface area (Å²) in [6.07, 6.45) is 1.35. The van der Waals surface area contributed by atoms with Crippen LogP contribution >= 0.6 is 0 Å². The zero-order valence-corrected chi connectivity index (χ0v) is 9.62. The summed E-state index contributed by atoms with van der Waals surface area (Å²) in [5.74, 6) is -0.598. The first-order chi connectivity index (χ1) is 8.47. The molecule has 0 aliphatic carbocycles. The number of benzene rings is 1. The molecule has 0 aliphatic heterocycles. The monoisotopic (exact) mass is 251 g/mol. The summed E-state index contributed by atoms with van der Waals surface area (Å²) in [5, 5.41) is 21.8. The van der Waals surface area contributed by atoms with Crippen LogP contribution in [0.4, 0.5) is 4.39 Å². The third kappa shape index (κ3) is 2.49. The molecule has 0 bridgehead atoms. The van der Waals surface area contributed by atoms with Crippen LogP contribution in [0.15, 0.2) is 29.3 Å². The van der Waals surface area contributed by atoms with Gasteiger partial charge in [-0.05, 0) is 23.2 Å². The van der Waals surface area contributed by atoms with Gasteiger partial charge in [0.05, 0.1) is 6.54 Å². The fraction of sp³-hybridized carbons (Fsp3) is 0.200. The Kier molecular flexibility index (Phi) is 3.31. The van der Waals surface area contributed by atoms with Crippen LogP contribution in [-0.2, 0) is 13.6 Å². The summed E-state index contributed by atoms with van der Waals surface area (Å²) in [7, 11) is -0.194. The number of aryl methyl sites for hydroxylation is 1. The minimum Gasteiger partial charge on any atom is -0.423 e. The molecule has 0 saturated carbocycles. The average Bonchev–Trinajstić information content (AvgIpc) is 2.60. The Morgan fingerprint density at radius 3 is 2.67 bits per heavy atom. The van der Waals surface area contributed by atoms with E-state index in [4.69, 9.17) is 10.0 Å². The Hall–Kier alpha value is -1.93. The second-order valence-electron chi connectivity index (χ2n) is 3.95. The highest BCUT2D eigenvalue weighted by Crippen LogP contribution is 2.03. The molecule has 0 fully saturated rings. The van der Waals surface area contributed by atoms with Gasteiger partial charge >= 0.3 is 12.8 Å². The van der Waals surface area contributed by atoms with Gasteiger partial charge in [0.2, 0.25) is 0 Å². The molecule has 94 valence electrons. The molecule has 0 spiro atoms. The lowest BCUT2D eigenvalue weighted by molar-refractivity contribution is 0.425. The first-order valence-corrected chi connectivity index (χ1v) is 5.21. The van der Waals surface area contributed by atoms with Gasteiger partial charge in [-0.15, -0.1) is 0 Å². The van der Waals surface area contributed by atoms with Crippen molar-refractivity contribution in [3.8, 4) is 0 Å². The molecule has 8 heteroatoms. The summed E-state index contributed by atoms with van der Waals surface area (Å²) in [5.41, 5.74) is 0.137. The lowest BCUT2D eigenvalue weighted by Crippen LogP contribution is -2.31. The van der Waals surface area contributed by atoms with Crippen molar-refractivity contribution in [2.75, 3.05) is 0 Å². The van der Waals surface area contributed by atoms with Crippen LogP contribution in [-0.4, -0.2) is 31.5 Å². The second kappa shape index (κ2) is 4.75. The fourth-order valence-electron chi connectivity index (χ4n) is 1.62. The summed E-state index contributed by atoms with van der Waals surface area (Å²) in [6.45, 7) is 0.0666. The molecule has 1 heterocycles. The van der Waals surface area contributed by atoms with E-state index in [0.717, 1.165) is 10.7 Å². The third-order valence-corrected chi connectivity index (χ3v) is 2.50. The number of rotatable bonds is 3. The van der Waals surface area contributed by atoms with Gasteiger partial charge in [-0.2, -0.15) is 5.10 Å². The molecule has 6 nitrogen and oxygen atoms in total. The Morgan fingerprint density at radius 2 is 2.11 bits per heavy atom. The van der Waals surface area contributed by atoms with Gasteiger partial charge in [0.15, 0.2) is 0 Å². The van der Waals surface area contributed by atoms with E-state index >= 15 is 0 Å². The van der Waals surface area contributed by atoms with Crippen molar-refractivity contribution in [2.45, 2.75) is 6.54 Å². The first kappa shape index (κ1) is 12.5. The minimum atomic E-state index is -1.75. The predicted molar refractivity (Wildman–Crippen MR) is 62.8 cm³/mol. The number of hydrogen-bond donors (Lipinski definition) is 2. The Labute approximate surface area is 102 Å². The highest BCUT2D eigenvalue weighted by Gasteiger charge is 2.14. The van der Waals surface area contributed by atoms with Gasteiger partial charge in [0, 0.05) is 7.05 Å². The van der Waals surface area contributed by atoms with E-state index in [-0.39, 0.29) is 17.7 Å². The van der Waals surface area contributed by atoms with Crippen LogP contribution in [0.3, 0.4) is 0 Å². The Bertz CT molecular complexity index is 623. The normalized spacial score (nSPS) is 10.7. The smallest absolute Gasteiger partial charge is 0.423 e. The van der Waals surface area contributed by atoms with E-state index in [9.17, 15) is 9.18 Å². The largest absolute Gasteiger partial charge is 0.488 e. The highest BCUT2D eigenvalue weighted by molar-refractivity contribution is 6.58. The third-order valence-electron chi connectivity index (χ3n) is 2.50. The zero-order valence-electron chi connectivity index (χ0n) is 9.62. The topological polar surface area (TPSA) is 80.3 Å². The van der Waals surface area contributed by atoms with Crippen molar-refractivity contribution in [1.82, 2.24) is 14.3 Å². The second-order valence-corrected chi connectivity index (χ2v) is 3.95. The molecule has 2 rings (SSSR count). The Morgan fingerprint density at radius 1 is 1.39 bits per heavy atom. The van der Waals surface area contributed by atoms with Gasteiger partial charge in [-0.1, -0.05) is 6.07 Å². The van der Waals surface area contributed by atoms with E-state index in [1.807, 2.05) is 0 Å². The molecule has 2 aromatic rings. The van der Waals surface area contributed by atoms with Crippen LogP contribution in [0.25, 0.3) is 0 Å². The van der Waals surface area contributed by atoms with Crippen molar-refractivity contribution >= 4 is 12.6 Å². The van der Waals surface area contributed by atoms with Gasteiger partial charge in [-0.3, -0.25) is 4.57 Å². The molecule has 18 heavy (non-hydrogen) atoms. The van der Waals surface area contributed by atoms with Crippen LogP contribution in [0.2, 0.25) is 0 Å². The molecular weight excluding hydrogens is 240 g/mol. The SMILES string of the molecule is Cn1cnn(Cc2cc(F)cc(B(O)O)c2)c1=O. The standard InChI is InChI=1S/C10H11BFN3O3/c1-14-6-13-15(10(14)16)5-7-2-8(11(17)18)4-9(12)3-7/h2-4,6,17-18H,5H2,1H3. The molecule has 1 aromatic heterocycles. The minimum absolute atomic E-state index is 0.0361. The molecule has 0 radical (unpaired) electrons. The van der Waals surface area contributed by atoms with Crippen molar-refractivity contribution in [1.29, 1.82) is 0 Å². The fourth-order valence-corrected chi connectivity index (χ4v) is 1.62. The maximum Gasteiger partial charge on any atom is 0.488 e. The van der Waals surface area contributed by atoms with Crippen LogP contribution in [0.1, 0.15) is 5.56 Å². The molecule has 2 N–H and O–H groups in total. The number of halogens is 1. The van der Waals surface area contributed by atoms with Crippen LogP contribution in [0.5, 0.6) is 0 Å². The van der Waals surface area contributed by atoms with Crippen LogP contribution in [0, 0.1) is 5.82 Å². The van der Waals surface area contributed by atoms with Crippen molar-refractivity contribution < 1.29 is 14.4 Å². The summed E-state index contributed by atoms with van der Waals surface area (Å²) >= 11 is 0. The summed E-state index contributed by atoms with van der Waals surface area (Å²) in [4.78, 5) is 11.5. The molecule has 0 saturated heterocycles. The van der Waals surface area contributed by atoms with Crippen LogP contribution < -0.4 is 11.2 Å². The summed E-state index contributed by atoms with van der Waals surface area (Å²) < 4.78 is 15.7. The molecule has 0 amide bonds. The maximum absolute atomic E-state index is 13.3. The van der Waals surface area contributed by atoms with Crippen molar-refractivity contribution in [3.05, 3.63) is 46.4 Å². The summed E-state index contributed by atoms with van der Waals surface area (Å²) in [6, 6.07) is 3.65. The van der Waals surface area contributed by atoms with E-state index in [0.29, 0.717) is 5.56 Å². The molecule has 1 aromatic carbocycles. The number of hydrogen-bond acceptors (Lipinski definition) is 4. The van der Waals surface area contributed by atoms with Gasteiger partial charge in [0.25, 0.3) is 0 Å². The van der Waals surface area contributed by atoms with E-state index in [1.165, 1.54) is 23.0 Å². The first-order valence-electron chi connectivity index (χ1n) is 5.21. The molecule has 0 aliphatic rings. The van der Waals surface area contributed by atoms with E-state index in [1.54, 1.807) is 7.05 Å². The van der Waals surface area contributed by atoms with E-state index in [2.05, 4.69) is 5.10 Å². The van der Waals surface area contributed by atoms with Crippen molar-refractivity contribution in [3.63, 3.8) is 0 Å². The lowest BCUT2D eigenvalue weighted by Gasteiger charge is -2.05.